The van der Waals surface area contributed by atoms with E-state index in [1.165, 1.54) is 5.56 Å². The molecule has 1 N–H and O–H groups in total. The summed E-state index contributed by atoms with van der Waals surface area (Å²) in [5.41, 5.74) is 4.04. The van der Waals surface area contributed by atoms with Crippen LogP contribution in [0.2, 0.25) is 0 Å². The van der Waals surface area contributed by atoms with Crippen molar-refractivity contribution in [2.45, 2.75) is 20.0 Å². The van der Waals surface area contributed by atoms with Crippen LogP contribution in [0.4, 0.5) is 11.4 Å². The molecule has 20 heavy (non-hydrogen) atoms. The second-order valence-electron chi connectivity index (χ2n) is 4.97. The van der Waals surface area contributed by atoms with E-state index in [-0.39, 0.29) is 0 Å². The van der Waals surface area contributed by atoms with Crippen LogP contribution in [0.3, 0.4) is 0 Å². The Morgan fingerprint density at radius 1 is 1.15 bits per heavy atom. The third-order valence-electron chi connectivity index (χ3n) is 3.43. The molecule has 3 nitrogen and oxygen atoms in total. The van der Waals surface area contributed by atoms with Gasteiger partial charge in [0.2, 0.25) is 0 Å². The van der Waals surface area contributed by atoms with Gasteiger partial charge in [-0.3, -0.25) is 0 Å². The molecule has 1 atom stereocenters. The summed E-state index contributed by atoms with van der Waals surface area (Å²) in [6, 6.07) is 14.1. The lowest BCUT2D eigenvalue weighted by Crippen LogP contribution is -2.13. The Hall–Kier alpha value is -2.00. The molecule has 0 spiro atoms. The summed E-state index contributed by atoms with van der Waals surface area (Å²) in [6.45, 7) is 3.82. The first-order chi connectivity index (χ1) is 9.54. The molecule has 0 aliphatic rings. The molecular weight excluding hydrogens is 250 g/mol. The van der Waals surface area contributed by atoms with Crippen molar-refractivity contribution in [2.75, 3.05) is 19.1 Å². The number of benzene rings is 2. The molecule has 2 aromatic rings. The highest BCUT2D eigenvalue weighted by atomic mass is 16.5. The van der Waals surface area contributed by atoms with Crippen LogP contribution in [-0.4, -0.2) is 19.3 Å². The summed E-state index contributed by atoms with van der Waals surface area (Å²) in [4.78, 5) is 2.07. The third kappa shape index (κ3) is 2.78. The van der Waals surface area contributed by atoms with E-state index >= 15 is 0 Å². The average molecular weight is 271 g/mol. The van der Waals surface area contributed by atoms with Crippen LogP contribution in [0.15, 0.2) is 42.5 Å². The van der Waals surface area contributed by atoms with Gasteiger partial charge in [0, 0.05) is 18.3 Å². The molecule has 0 saturated heterocycles. The van der Waals surface area contributed by atoms with E-state index in [1.807, 2.05) is 31.3 Å². The molecule has 2 rings (SSSR count). The first-order valence-corrected chi connectivity index (χ1v) is 6.70. The fraction of sp³-hybridized carbons (Fsp3) is 0.294. The lowest BCUT2D eigenvalue weighted by atomic mass is 10.1. The van der Waals surface area contributed by atoms with Gasteiger partial charge < -0.3 is 14.7 Å². The van der Waals surface area contributed by atoms with Crippen LogP contribution in [0.1, 0.15) is 24.2 Å². The third-order valence-corrected chi connectivity index (χ3v) is 3.43. The number of hydrogen-bond acceptors (Lipinski definition) is 3. The molecule has 0 amide bonds. The monoisotopic (exact) mass is 271 g/mol. The minimum atomic E-state index is -0.589. The van der Waals surface area contributed by atoms with Gasteiger partial charge in [-0.1, -0.05) is 18.2 Å². The van der Waals surface area contributed by atoms with E-state index in [0.717, 1.165) is 16.9 Å². The molecule has 0 bridgehead atoms. The Balaban J connectivity index is 2.52. The average Bonchev–Trinajstić information content (AvgIpc) is 2.45. The molecule has 3 heteroatoms. The van der Waals surface area contributed by atoms with Gasteiger partial charge in [0.05, 0.1) is 18.9 Å². The Bertz CT molecular complexity index is 593. The van der Waals surface area contributed by atoms with Crippen molar-refractivity contribution in [3.8, 4) is 5.75 Å². The summed E-state index contributed by atoms with van der Waals surface area (Å²) in [7, 11) is 3.62. The van der Waals surface area contributed by atoms with Gasteiger partial charge in [0.15, 0.2) is 0 Å². The summed E-state index contributed by atoms with van der Waals surface area (Å²) >= 11 is 0. The Kier molecular flexibility index (Phi) is 4.30. The number of hydrogen-bond donors (Lipinski definition) is 1. The Labute approximate surface area is 120 Å². The standard InChI is InChI=1S/C17H21NO2/c1-12-7-5-8-14(11-12)18(3)15-9-6-10-16(20-4)17(15)13(2)19/h5-11,13,19H,1-4H3/t13-/m1/s1. The molecule has 0 saturated carbocycles. The van der Waals surface area contributed by atoms with Crippen molar-refractivity contribution < 1.29 is 9.84 Å². The quantitative estimate of drug-likeness (QED) is 0.917. The predicted octanol–water partition coefficient (Wildman–Crippen LogP) is 3.82. The van der Waals surface area contributed by atoms with Crippen LogP contribution in [0.5, 0.6) is 5.75 Å². The summed E-state index contributed by atoms with van der Waals surface area (Å²) < 4.78 is 5.37. The highest BCUT2D eigenvalue weighted by Gasteiger charge is 2.17. The van der Waals surface area contributed by atoms with Gasteiger partial charge in [-0.05, 0) is 43.7 Å². The first-order valence-electron chi connectivity index (χ1n) is 6.70. The maximum atomic E-state index is 10.1. The zero-order chi connectivity index (χ0) is 14.7. The summed E-state index contributed by atoms with van der Waals surface area (Å²) in [5.74, 6) is 0.706. The molecule has 0 radical (unpaired) electrons. The van der Waals surface area contributed by atoms with E-state index in [1.54, 1.807) is 14.0 Å². The Morgan fingerprint density at radius 3 is 2.45 bits per heavy atom. The highest BCUT2D eigenvalue weighted by Crippen LogP contribution is 2.37. The zero-order valence-corrected chi connectivity index (χ0v) is 12.4. The SMILES string of the molecule is COc1cccc(N(C)c2cccc(C)c2)c1[C@@H](C)O. The fourth-order valence-corrected chi connectivity index (χ4v) is 2.40. The van der Waals surface area contributed by atoms with Crippen molar-refractivity contribution in [3.05, 3.63) is 53.6 Å². The lowest BCUT2D eigenvalue weighted by molar-refractivity contribution is 0.195. The molecule has 0 aliphatic carbocycles. The van der Waals surface area contributed by atoms with Crippen LogP contribution in [-0.2, 0) is 0 Å². The number of methoxy groups -OCH3 is 1. The topological polar surface area (TPSA) is 32.7 Å². The second kappa shape index (κ2) is 5.97. The molecule has 0 aromatic heterocycles. The zero-order valence-electron chi connectivity index (χ0n) is 12.4. The number of aliphatic hydroxyl groups is 1. The molecule has 0 fully saturated rings. The van der Waals surface area contributed by atoms with E-state index in [9.17, 15) is 5.11 Å². The second-order valence-corrected chi connectivity index (χ2v) is 4.97. The molecular formula is C17H21NO2. The highest BCUT2D eigenvalue weighted by molar-refractivity contribution is 5.69. The van der Waals surface area contributed by atoms with Crippen molar-refractivity contribution in [1.82, 2.24) is 0 Å². The van der Waals surface area contributed by atoms with Gasteiger partial charge in [0.1, 0.15) is 5.75 Å². The van der Waals surface area contributed by atoms with E-state index in [0.29, 0.717) is 5.75 Å². The maximum Gasteiger partial charge on any atom is 0.126 e. The molecule has 2 aromatic carbocycles. The van der Waals surface area contributed by atoms with Crippen LogP contribution < -0.4 is 9.64 Å². The Morgan fingerprint density at radius 2 is 1.85 bits per heavy atom. The van der Waals surface area contributed by atoms with Gasteiger partial charge >= 0.3 is 0 Å². The van der Waals surface area contributed by atoms with Crippen LogP contribution in [0.25, 0.3) is 0 Å². The number of rotatable bonds is 4. The lowest BCUT2D eigenvalue weighted by Gasteiger charge is -2.25. The number of anilines is 2. The number of nitrogens with zero attached hydrogens (tertiary/aromatic N) is 1. The van der Waals surface area contributed by atoms with E-state index in [2.05, 4.69) is 30.0 Å². The fourth-order valence-electron chi connectivity index (χ4n) is 2.40. The van der Waals surface area contributed by atoms with Crippen LogP contribution in [0, 0.1) is 6.92 Å². The van der Waals surface area contributed by atoms with Crippen molar-refractivity contribution in [2.24, 2.45) is 0 Å². The summed E-state index contributed by atoms with van der Waals surface area (Å²) in [5, 5.41) is 10.1. The number of aryl methyl sites for hydroxylation is 1. The van der Waals surface area contributed by atoms with E-state index in [4.69, 9.17) is 4.74 Å². The molecule has 0 heterocycles. The number of ether oxygens (including phenoxy) is 1. The predicted molar refractivity (Wildman–Crippen MR) is 82.9 cm³/mol. The van der Waals surface area contributed by atoms with Crippen molar-refractivity contribution in [3.63, 3.8) is 0 Å². The maximum absolute atomic E-state index is 10.1. The normalized spacial score (nSPS) is 12.1. The smallest absolute Gasteiger partial charge is 0.126 e. The minimum absolute atomic E-state index is 0.589. The van der Waals surface area contributed by atoms with Crippen molar-refractivity contribution in [1.29, 1.82) is 0 Å². The minimum Gasteiger partial charge on any atom is -0.496 e. The van der Waals surface area contributed by atoms with Gasteiger partial charge in [-0.15, -0.1) is 0 Å². The van der Waals surface area contributed by atoms with Crippen LogP contribution >= 0.6 is 0 Å². The summed E-state index contributed by atoms with van der Waals surface area (Å²) in [6.07, 6.45) is -0.589. The largest absolute Gasteiger partial charge is 0.496 e. The first kappa shape index (κ1) is 14.4. The van der Waals surface area contributed by atoms with Crippen molar-refractivity contribution >= 4 is 11.4 Å². The van der Waals surface area contributed by atoms with Gasteiger partial charge in [-0.2, -0.15) is 0 Å². The molecule has 106 valence electrons. The van der Waals surface area contributed by atoms with E-state index < -0.39 is 6.10 Å². The number of aliphatic hydroxyl groups excluding tert-OH is 1. The van der Waals surface area contributed by atoms with Gasteiger partial charge in [-0.25, -0.2) is 0 Å². The molecule has 0 unspecified atom stereocenters. The van der Waals surface area contributed by atoms with Gasteiger partial charge in [0.25, 0.3) is 0 Å². The molecule has 0 aliphatic heterocycles.